The molecular weight excluding hydrogens is 164 g/mol. The van der Waals surface area contributed by atoms with E-state index in [0.717, 1.165) is 17.1 Å². The monoisotopic (exact) mass is 180 g/mol. The standard InChI is InChI=1S/C9H16N4/c1-5(2)11-8-6(3)7(4)12-9(10)13-8/h5H,1-4H3,(H3,10,11,12,13). The van der Waals surface area contributed by atoms with Crippen LogP contribution in [0.1, 0.15) is 25.1 Å². The molecule has 0 saturated carbocycles. The van der Waals surface area contributed by atoms with Crippen LogP contribution in [0, 0.1) is 13.8 Å². The van der Waals surface area contributed by atoms with Crippen LogP contribution in [0.4, 0.5) is 11.8 Å². The minimum atomic E-state index is 0.325. The van der Waals surface area contributed by atoms with Gasteiger partial charge in [0.2, 0.25) is 5.95 Å². The quantitative estimate of drug-likeness (QED) is 0.723. The van der Waals surface area contributed by atoms with E-state index in [1.807, 2.05) is 13.8 Å². The van der Waals surface area contributed by atoms with Crippen molar-refractivity contribution < 1.29 is 0 Å². The van der Waals surface area contributed by atoms with Gasteiger partial charge >= 0.3 is 0 Å². The number of rotatable bonds is 2. The molecule has 3 N–H and O–H groups in total. The molecule has 0 bridgehead atoms. The summed E-state index contributed by atoms with van der Waals surface area (Å²) in [5, 5.41) is 3.22. The lowest BCUT2D eigenvalue weighted by Gasteiger charge is -2.13. The minimum Gasteiger partial charge on any atom is -0.368 e. The summed E-state index contributed by atoms with van der Waals surface area (Å²) in [6, 6.07) is 0.354. The highest BCUT2D eigenvalue weighted by molar-refractivity contribution is 5.48. The zero-order chi connectivity index (χ0) is 10.0. The molecule has 0 spiro atoms. The summed E-state index contributed by atoms with van der Waals surface area (Å²) < 4.78 is 0. The molecule has 0 aliphatic rings. The Kier molecular flexibility index (Phi) is 2.70. The number of nitrogen functional groups attached to an aromatic ring is 1. The highest BCUT2D eigenvalue weighted by Crippen LogP contribution is 2.16. The lowest BCUT2D eigenvalue weighted by Crippen LogP contribution is -2.14. The largest absolute Gasteiger partial charge is 0.368 e. The average molecular weight is 180 g/mol. The zero-order valence-electron chi connectivity index (χ0n) is 8.55. The molecule has 0 radical (unpaired) electrons. The number of anilines is 2. The Hall–Kier alpha value is -1.32. The summed E-state index contributed by atoms with van der Waals surface area (Å²) in [4.78, 5) is 8.20. The number of aryl methyl sites for hydroxylation is 1. The highest BCUT2D eigenvalue weighted by atomic mass is 15.1. The van der Waals surface area contributed by atoms with E-state index in [9.17, 15) is 0 Å². The van der Waals surface area contributed by atoms with E-state index in [-0.39, 0.29) is 0 Å². The second-order valence-electron chi connectivity index (χ2n) is 3.44. The second kappa shape index (κ2) is 3.60. The van der Waals surface area contributed by atoms with Gasteiger partial charge in [-0.25, -0.2) is 4.98 Å². The van der Waals surface area contributed by atoms with Gasteiger partial charge in [0.15, 0.2) is 0 Å². The average Bonchev–Trinajstić information content (AvgIpc) is 1.98. The smallest absolute Gasteiger partial charge is 0.222 e. The predicted molar refractivity (Wildman–Crippen MR) is 54.7 cm³/mol. The first-order chi connectivity index (χ1) is 6.00. The first-order valence-electron chi connectivity index (χ1n) is 4.38. The van der Waals surface area contributed by atoms with Gasteiger partial charge in [-0.2, -0.15) is 4.98 Å². The van der Waals surface area contributed by atoms with Crippen LogP contribution in [-0.4, -0.2) is 16.0 Å². The summed E-state index contributed by atoms with van der Waals surface area (Å²) in [6.45, 7) is 8.04. The topological polar surface area (TPSA) is 63.8 Å². The van der Waals surface area contributed by atoms with E-state index in [4.69, 9.17) is 5.73 Å². The zero-order valence-corrected chi connectivity index (χ0v) is 8.55. The third kappa shape index (κ3) is 2.31. The van der Waals surface area contributed by atoms with E-state index in [1.54, 1.807) is 0 Å². The van der Waals surface area contributed by atoms with Crippen LogP contribution in [0.2, 0.25) is 0 Å². The summed E-state index contributed by atoms with van der Waals surface area (Å²) in [7, 11) is 0. The van der Waals surface area contributed by atoms with Gasteiger partial charge in [-0.1, -0.05) is 0 Å². The molecular formula is C9H16N4. The Bertz CT molecular complexity index is 307. The second-order valence-corrected chi connectivity index (χ2v) is 3.44. The molecule has 0 saturated heterocycles. The van der Waals surface area contributed by atoms with Crippen molar-refractivity contribution >= 4 is 11.8 Å². The van der Waals surface area contributed by atoms with Crippen LogP contribution in [0.3, 0.4) is 0 Å². The van der Waals surface area contributed by atoms with E-state index in [2.05, 4.69) is 29.1 Å². The molecule has 0 aromatic carbocycles. The molecule has 0 unspecified atom stereocenters. The maximum Gasteiger partial charge on any atom is 0.222 e. The van der Waals surface area contributed by atoms with Crippen LogP contribution in [-0.2, 0) is 0 Å². The number of nitrogens with one attached hydrogen (secondary N) is 1. The molecule has 0 fully saturated rings. The van der Waals surface area contributed by atoms with Crippen molar-refractivity contribution in [2.45, 2.75) is 33.7 Å². The van der Waals surface area contributed by atoms with Gasteiger partial charge in [-0.3, -0.25) is 0 Å². The van der Waals surface area contributed by atoms with Gasteiger partial charge in [0.25, 0.3) is 0 Å². The number of nitrogens with two attached hydrogens (primary N) is 1. The van der Waals surface area contributed by atoms with Crippen molar-refractivity contribution in [1.29, 1.82) is 0 Å². The summed E-state index contributed by atoms with van der Waals surface area (Å²) >= 11 is 0. The molecule has 0 aliphatic heterocycles. The number of aromatic nitrogens is 2. The predicted octanol–water partition coefficient (Wildman–Crippen LogP) is 1.50. The van der Waals surface area contributed by atoms with Crippen LogP contribution >= 0.6 is 0 Å². The summed E-state index contributed by atoms with van der Waals surface area (Å²) in [6.07, 6.45) is 0. The van der Waals surface area contributed by atoms with Crippen molar-refractivity contribution in [1.82, 2.24) is 9.97 Å². The van der Waals surface area contributed by atoms with E-state index >= 15 is 0 Å². The molecule has 4 heteroatoms. The maximum atomic E-state index is 5.54. The number of nitrogens with zero attached hydrogens (tertiary/aromatic N) is 2. The molecule has 0 aliphatic carbocycles. The molecule has 1 rings (SSSR count). The van der Waals surface area contributed by atoms with Crippen molar-refractivity contribution in [3.63, 3.8) is 0 Å². The third-order valence-electron chi connectivity index (χ3n) is 1.83. The van der Waals surface area contributed by atoms with Gasteiger partial charge < -0.3 is 11.1 Å². The van der Waals surface area contributed by atoms with Gasteiger partial charge in [0, 0.05) is 17.3 Å². The van der Waals surface area contributed by atoms with Crippen LogP contribution < -0.4 is 11.1 Å². The van der Waals surface area contributed by atoms with E-state index in [0.29, 0.717) is 12.0 Å². The summed E-state index contributed by atoms with van der Waals surface area (Å²) in [5.74, 6) is 1.16. The molecule has 72 valence electrons. The Labute approximate surface area is 78.6 Å². The highest BCUT2D eigenvalue weighted by Gasteiger charge is 2.06. The molecule has 1 heterocycles. The Morgan fingerprint density at radius 3 is 2.38 bits per heavy atom. The molecule has 0 amide bonds. The fraction of sp³-hybridized carbons (Fsp3) is 0.556. The Morgan fingerprint density at radius 1 is 1.23 bits per heavy atom. The van der Waals surface area contributed by atoms with Gasteiger partial charge in [0.1, 0.15) is 5.82 Å². The van der Waals surface area contributed by atoms with Crippen molar-refractivity contribution in [3.8, 4) is 0 Å². The lowest BCUT2D eigenvalue weighted by atomic mass is 10.2. The van der Waals surface area contributed by atoms with Crippen LogP contribution in [0.5, 0.6) is 0 Å². The van der Waals surface area contributed by atoms with E-state index < -0.39 is 0 Å². The normalized spacial score (nSPS) is 10.5. The maximum absolute atomic E-state index is 5.54. The molecule has 1 aromatic rings. The SMILES string of the molecule is Cc1nc(N)nc(NC(C)C)c1C. The number of hydrogen-bond donors (Lipinski definition) is 2. The lowest BCUT2D eigenvalue weighted by molar-refractivity contribution is 0.880. The Morgan fingerprint density at radius 2 is 1.85 bits per heavy atom. The summed E-state index contributed by atoms with van der Waals surface area (Å²) in [5.41, 5.74) is 7.53. The van der Waals surface area contributed by atoms with Gasteiger partial charge in [-0.05, 0) is 27.7 Å². The molecule has 4 nitrogen and oxygen atoms in total. The van der Waals surface area contributed by atoms with E-state index in [1.165, 1.54) is 0 Å². The van der Waals surface area contributed by atoms with Crippen molar-refractivity contribution in [2.24, 2.45) is 0 Å². The van der Waals surface area contributed by atoms with Gasteiger partial charge in [0.05, 0.1) is 0 Å². The van der Waals surface area contributed by atoms with Gasteiger partial charge in [-0.15, -0.1) is 0 Å². The van der Waals surface area contributed by atoms with Crippen molar-refractivity contribution in [3.05, 3.63) is 11.3 Å². The number of hydrogen-bond acceptors (Lipinski definition) is 4. The molecule has 1 aromatic heterocycles. The van der Waals surface area contributed by atoms with Crippen LogP contribution in [0.25, 0.3) is 0 Å². The molecule has 0 atom stereocenters. The third-order valence-corrected chi connectivity index (χ3v) is 1.83. The van der Waals surface area contributed by atoms with Crippen molar-refractivity contribution in [2.75, 3.05) is 11.1 Å². The fourth-order valence-electron chi connectivity index (χ4n) is 1.06. The fourth-order valence-corrected chi connectivity index (χ4v) is 1.06. The first-order valence-corrected chi connectivity index (χ1v) is 4.38. The minimum absolute atomic E-state index is 0.325. The molecule has 13 heavy (non-hydrogen) atoms. The first kappa shape index (κ1) is 9.77. The Balaban J connectivity index is 3.05. The van der Waals surface area contributed by atoms with Crippen LogP contribution in [0.15, 0.2) is 0 Å².